The normalized spacial score (nSPS) is 50.9. The van der Waals surface area contributed by atoms with Gasteiger partial charge in [-0.3, -0.25) is 0 Å². The van der Waals surface area contributed by atoms with E-state index in [4.69, 9.17) is 40.6 Å². The van der Waals surface area contributed by atoms with Gasteiger partial charge in [0.1, 0.15) is 24.4 Å². The Balaban J connectivity index is 1.72. The second kappa shape index (κ2) is 3.84. The highest BCUT2D eigenvalue weighted by molar-refractivity contribution is 7.79. The van der Waals surface area contributed by atoms with Crippen molar-refractivity contribution in [1.29, 1.82) is 0 Å². The van der Waals surface area contributed by atoms with E-state index in [1.54, 1.807) is 0 Å². The lowest BCUT2D eigenvalue weighted by molar-refractivity contribution is -0.178. The number of fused-ring (bicyclic) bond motifs is 6. The molecule has 4 rings (SSSR count). The second-order valence-electron chi connectivity index (χ2n) is 6.54. The summed E-state index contributed by atoms with van der Waals surface area (Å²) in [4.78, 5) is 0. The Labute approximate surface area is 122 Å². The van der Waals surface area contributed by atoms with Crippen LogP contribution < -0.4 is 0 Å². The largest absolute Gasteiger partial charge is 0.447 e. The van der Waals surface area contributed by atoms with Gasteiger partial charge >= 0.3 is 5.24 Å². The minimum atomic E-state index is -0.682. The van der Waals surface area contributed by atoms with Crippen LogP contribution >= 0.6 is 12.2 Å². The minimum absolute atomic E-state index is 0.140. The van der Waals surface area contributed by atoms with Crippen molar-refractivity contribution in [1.82, 2.24) is 0 Å². The molecule has 0 bridgehead atoms. The molecule has 3 aliphatic heterocycles. The molecule has 7 heteroatoms. The van der Waals surface area contributed by atoms with Gasteiger partial charge in [0.05, 0.1) is 0 Å². The van der Waals surface area contributed by atoms with E-state index < -0.39 is 11.6 Å². The Bertz CT molecular complexity index is 424. The highest BCUT2D eigenvalue weighted by Crippen LogP contribution is 2.47. The highest BCUT2D eigenvalue weighted by atomic mass is 32.1. The van der Waals surface area contributed by atoms with Gasteiger partial charge < -0.3 is 28.4 Å². The fraction of sp³-hybridized carbons (Fsp3) is 0.923. The third kappa shape index (κ3) is 1.80. The molecule has 0 aromatic heterocycles. The Morgan fingerprint density at radius 1 is 0.650 bits per heavy atom. The van der Waals surface area contributed by atoms with E-state index in [2.05, 4.69) is 0 Å². The van der Waals surface area contributed by atoms with Crippen LogP contribution in [0.25, 0.3) is 0 Å². The first-order chi connectivity index (χ1) is 9.26. The van der Waals surface area contributed by atoms with E-state index in [1.165, 1.54) is 0 Å². The van der Waals surface area contributed by atoms with Crippen molar-refractivity contribution < 1.29 is 28.4 Å². The van der Waals surface area contributed by atoms with E-state index in [1.807, 2.05) is 27.7 Å². The molecule has 0 aromatic rings. The average Bonchev–Trinajstić information content (AvgIpc) is 2.90. The van der Waals surface area contributed by atoms with Crippen molar-refractivity contribution in [2.45, 2.75) is 75.9 Å². The summed E-state index contributed by atoms with van der Waals surface area (Å²) in [7, 11) is 0. The number of thiocarbonyl (C=S) groups is 1. The van der Waals surface area contributed by atoms with Gasteiger partial charge in [-0.15, -0.1) is 0 Å². The summed E-state index contributed by atoms with van der Waals surface area (Å²) in [5.74, 6) is -1.36. The van der Waals surface area contributed by atoms with Crippen LogP contribution in [0, 0.1) is 0 Å². The van der Waals surface area contributed by atoms with Crippen LogP contribution in [0.15, 0.2) is 0 Å². The number of ether oxygens (including phenoxy) is 6. The molecular formula is C13H18O6S. The van der Waals surface area contributed by atoms with Gasteiger partial charge in [0.25, 0.3) is 0 Å². The topological polar surface area (TPSA) is 55.4 Å². The van der Waals surface area contributed by atoms with Crippen LogP contribution in [0.3, 0.4) is 0 Å². The van der Waals surface area contributed by atoms with Crippen molar-refractivity contribution in [3.63, 3.8) is 0 Å². The van der Waals surface area contributed by atoms with E-state index >= 15 is 0 Å². The molecule has 3 saturated heterocycles. The molecule has 112 valence electrons. The summed E-state index contributed by atoms with van der Waals surface area (Å²) < 4.78 is 35.2. The summed E-state index contributed by atoms with van der Waals surface area (Å²) in [5.41, 5.74) is 0. The first-order valence-electron chi connectivity index (χ1n) is 6.84. The third-order valence-corrected chi connectivity index (χ3v) is 4.28. The molecule has 1 saturated carbocycles. The van der Waals surface area contributed by atoms with Gasteiger partial charge in [-0.05, 0) is 27.7 Å². The van der Waals surface area contributed by atoms with Crippen LogP contribution in [0.4, 0.5) is 0 Å². The summed E-state index contributed by atoms with van der Waals surface area (Å²) in [6, 6.07) is 0. The summed E-state index contributed by atoms with van der Waals surface area (Å²) in [5, 5.41) is 0.140. The lowest BCUT2D eigenvalue weighted by atomic mass is 9.85. The molecule has 6 nitrogen and oxygen atoms in total. The zero-order chi connectivity index (χ0) is 14.3. The molecule has 4 aliphatic rings. The monoisotopic (exact) mass is 302 g/mol. The fourth-order valence-corrected chi connectivity index (χ4v) is 3.77. The predicted molar refractivity (Wildman–Crippen MR) is 70.0 cm³/mol. The van der Waals surface area contributed by atoms with Crippen molar-refractivity contribution in [3.05, 3.63) is 0 Å². The van der Waals surface area contributed by atoms with Gasteiger partial charge in [0.15, 0.2) is 23.8 Å². The standard InChI is InChI=1S/C13H18O6S/c1-12(2)16-7-5-6(15-11(20)14-5)8-10(9(7)18-12)19-13(3,4)17-8/h5-10H,1-4H3/t5-,6-,7+,8+,9+,10+/m0/s1. The molecule has 1 aliphatic carbocycles. The lowest BCUT2D eigenvalue weighted by Crippen LogP contribution is -2.60. The maximum absolute atomic E-state index is 6.00. The quantitative estimate of drug-likeness (QED) is 0.621. The highest BCUT2D eigenvalue weighted by Gasteiger charge is 2.67. The summed E-state index contributed by atoms with van der Waals surface area (Å²) in [6.45, 7) is 7.52. The van der Waals surface area contributed by atoms with Crippen LogP contribution in [0.1, 0.15) is 27.7 Å². The number of hydrogen-bond donors (Lipinski definition) is 0. The third-order valence-electron chi connectivity index (χ3n) is 4.09. The maximum atomic E-state index is 6.00. The molecule has 0 N–H and O–H groups in total. The van der Waals surface area contributed by atoms with Crippen LogP contribution in [0.2, 0.25) is 0 Å². The van der Waals surface area contributed by atoms with E-state index in [9.17, 15) is 0 Å². The Kier molecular flexibility index (Phi) is 2.53. The Morgan fingerprint density at radius 3 is 1.30 bits per heavy atom. The molecular weight excluding hydrogens is 284 g/mol. The summed E-state index contributed by atoms with van der Waals surface area (Å²) >= 11 is 5.03. The van der Waals surface area contributed by atoms with E-state index in [0.29, 0.717) is 0 Å². The number of rotatable bonds is 0. The lowest BCUT2D eigenvalue weighted by Gasteiger charge is -2.36. The minimum Gasteiger partial charge on any atom is -0.447 e. The number of hydrogen-bond acceptors (Lipinski definition) is 7. The van der Waals surface area contributed by atoms with Gasteiger partial charge in [-0.25, -0.2) is 0 Å². The van der Waals surface area contributed by atoms with Crippen LogP contribution in [0.5, 0.6) is 0 Å². The fourth-order valence-electron chi connectivity index (χ4n) is 3.54. The Hall–Kier alpha value is -0.470. The molecule has 0 radical (unpaired) electrons. The molecule has 4 fully saturated rings. The van der Waals surface area contributed by atoms with Crippen LogP contribution in [-0.2, 0) is 28.4 Å². The van der Waals surface area contributed by atoms with E-state index in [-0.39, 0.29) is 41.9 Å². The SMILES string of the molecule is CC1(C)O[C@H]2[C@@H]3OC(C)(C)O[C@@H]3[C@H]3OC(=S)O[C@@H]3[C@H]2O1. The molecule has 0 unspecified atom stereocenters. The van der Waals surface area contributed by atoms with Crippen molar-refractivity contribution in [2.75, 3.05) is 0 Å². The smallest absolute Gasteiger partial charge is 0.353 e. The zero-order valence-electron chi connectivity index (χ0n) is 11.8. The summed E-state index contributed by atoms with van der Waals surface area (Å²) in [6.07, 6.45) is -1.66. The van der Waals surface area contributed by atoms with Gasteiger partial charge in [-0.1, -0.05) is 0 Å². The zero-order valence-corrected chi connectivity index (χ0v) is 12.6. The average molecular weight is 302 g/mol. The van der Waals surface area contributed by atoms with Crippen molar-refractivity contribution >= 4 is 17.5 Å². The molecule has 20 heavy (non-hydrogen) atoms. The van der Waals surface area contributed by atoms with Crippen molar-refractivity contribution in [3.8, 4) is 0 Å². The van der Waals surface area contributed by atoms with Gasteiger partial charge in [-0.2, -0.15) is 0 Å². The molecule has 0 spiro atoms. The maximum Gasteiger partial charge on any atom is 0.353 e. The second-order valence-corrected chi connectivity index (χ2v) is 6.88. The first kappa shape index (κ1) is 13.2. The van der Waals surface area contributed by atoms with Crippen molar-refractivity contribution in [2.24, 2.45) is 0 Å². The van der Waals surface area contributed by atoms with E-state index in [0.717, 1.165) is 0 Å². The van der Waals surface area contributed by atoms with Gasteiger partial charge in [0, 0.05) is 12.2 Å². The molecule has 6 atom stereocenters. The molecule has 0 amide bonds. The van der Waals surface area contributed by atoms with Gasteiger partial charge in [0.2, 0.25) is 0 Å². The predicted octanol–water partition coefficient (Wildman–Crippen LogP) is 1.11. The molecule has 0 aromatic carbocycles. The first-order valence-corrected chi connectivity index (χ1v) is 7.25. The molecule has 3 heterocycles. The van der Waals surface area contributed by atoms with Crippen LogP contribution in [-0.4, -0.2) is 53.4 Å². The Morgan fingerprint density at radius 2 is 0.950 bits per heavy atom.